The highest BCUT2D eigenvalue weighted by atomic mass is 16.2. The van der Waals surface area contributed by atoms with E-state index in [-0.39, 0.29) is 23.8 Å². The average Bonchev–Trinajstić information content (AvgIpc) is 3.37. The average molecular weight is 499 g/mol. The molecule has 0 saturated carbocycles. The number of aromatic nitrogens is 2. The molecule has 5 rings (SSSR count). The molecular weight excluding hydrogens is 468 g/mol. The number of carbonyl (C=O) groups is 3. The molecule has 37 heavy (non-hydrogen) atoms. The summed E-state index contributed by atoms with van der Waals surface area (Å²) in [5, 5.41) is 12.2. The SMILES string of the molecule is CC(=O)Nc1ccc2c(c1)NC(=O)CC/C=C/C[C@H](NC(=O)c1ccc3c(c1)CCNC3)c1ncc-2[nH]1. The Kier molecular flexibility index (Phi) is 7.14. The Morgan fingerprint density at radius 1 is 1.05 bits per heavy atom. The third-order valence-electron chi connectivity index (χ3n) is 6.57. The molecule has 2 bridgehead atoms. The maximum Gasteiger partial charge on any atom is 0.251 e. The van der Waals surface area contributed by atoms with E-state index in [1.54, 1.807) is 18.3 Å². The molecule has 0 unspecified atom stereocenters. The van der Waals surface area contributed by atoms with Crippen molar-refractivity contribution in [2.24, 2.45) is 0 Å². The van der Waals surface area contributed by atoms with Gasteiger partial charge >= 0.3 is 0 Å². The summed E-state index contributed by atoms with van der Waals surface area (Å²) in [6, 6.07) is 10.8. The number of rotatable bonds is 3. The van der Waals surface area contributed by atoms with Crippen LogP contribution in [0.5, 0.6) is 0 Å². The zero-order chi connectivity index (χ0) is 25.8. The largest absolute Gasteiger partial charge is 0.342 e. The topological polar surface area (TPSA) is 128 Å². The third-order valence-corrected chi connectivity index (χ3v) is 6.57. The van der Waals surface area contributed by atoms with Crippen LogP contribution in [0.3, 0.4) is 0 Å². The minimum absolute atomic E-state index is 0.127. The fourth-order valence-electron chi connectivity index (χ4n) is 4.69. The number of anilines is 2. The normalized spacial score (nSPS) is 18.1. The summed E-state index contributed by atoms with van der Waals surface area (Å²) in [5.74, 6) is 0.146. The van der Waals surface area contributed by atoms with Crippen LogP contribution >= 0.6 is 0 Å². The predicted octanol–water partition coefficient (Wildman–Crippen LogP) is 3.83. The summed E-state index contributed by atoms with van der Waals surface area (Å²) < 4.78 is 0. The van der Waals surface area contributed by atoms with Gasteiger partial charge in [0.05, 0.1) is 23.6 Å². The zero-order valence-corrected chi connectivity index (χ0v) is 20.7. The maximum absolute atomic E-state index is 13.2. The fraction of sp³-hybridized carbons (Fsp3) is 0.286. The van der Waals surface area contributed by atoms with Gasteiger partial charge in [-0.1, -0.05) is 18.2 Å². The number of benzene rings is 2. The van der Waals surface area contributed by atoms with E-state index in [2.05, 4.69) is 31.2 Å². The van der Waals surface area contributed by atoms with E-state index >= 15 is 0 Å². The fourth-order valence-corrected chi connectivity index (χ4v) is 4.69. The summed E-state index contributed by atoms with van der Waals surface area (Å²) in [5.41, 5.74) is 5.65. The number of hydrogen-bond acceptors (Lipinski definition) is 5. The molecule has 9 nitrogen and oxygen atoms in total. The standard InChI is InChI=1S/C28H30N6O3/c1-17(35)31-21-9-10-22-24(14-21)32-26(36)6-4-2-3-5-23(27-30-16-25(22)33-27)34-28(37)19-7-8-20-15-29-12-11-18(20)13-19/h2-3,7-10,13-14,16,23,29H,4-6,11-12,15H2,1H3,(H,30,33)(H,31,35)(H,32,36)(H,34,37)/b3-2+/t23-/m0/s1. The van der Waals surface area contributed by atoms with Crippen molar-refractivity contribution >= 4 is 29.1 Å². The molecule has 2 aliphatic heterocycles. The predicted molar refractivity (Wildman–Crippen MR) is 142 cm³/mol. The number of H-pyrrole nitrogens is 1. The lowest BCUT2D eigenvalue weighted by molar-refractivity contribution is -0.116. The molecule has 9 heteroatoms. The Morgan fingerprint density at radius 3 is 2.81 bits per heavy atom. The van der Waals surface area contributed by atoms with Crippen LogP contribution in [0.1, 0.15) is 59.5 Å². The van der Waals surface area contributed by atoms with Gasteiger partial charge in [0.25, 0.3) is 5.91 Å². The Hall–Kier alpha value is -4.24. The number of carbonyl (C=O) groups excluding carboxylic acids is 3. The van der Waals surface area contributed by atoms with Gasteiger partial charge in [0.1, 0.15) is 5.82 Å². The van der Waals surface area contributed by atoms with Crippen molar-refractivity contribution in [2.75, 3.05) is 17.2 Å². The first-order valence-corrected chi connectivity index (χ1v) is 12.5. The van der Waals surface area contributed by atoms with E-state index in [0.717, 1.165) is 25.1 Å². The Morgan fingerprint density at radius 2 is 1.95 bits per heavy atom. The Labute approximate surface area is 215 Å². The minimum atomic E-state index is -0.373. The molecule has 3 amide bonds. The van der Waals surface area contributed by atoms with Gasteiger partial charge in [-0.25, -0.2) is 4.98 Å². The van der Waals surface area contributed by atoms with Gasteiger partial charge in [-0.3, -0.25) is 14.4 Å². The van der Waals surface area contributed by atoms with Gasteiger partial charge in [0, 0.05) is 36.7 Å². The van der Waals surface area contributed by atoms with Crippen LogP contribution in [-0.2, 0) is 22.6 Å². The van der Waals surface area contributed by atoms with Crippen LogP contribution in [0, 0.1) is 0 Å². The summed E-state index contributed by atoms with van der Waals surface area (Å²) >= 11 is 0. The molecular formula is C28H30N6O3. The quantitative estimate of drug-likeness (QED) is 0.351. The summed E-state index contributed by atoms with van der Waals surface area (Å²) in [6.45, 7) is 3.17. The maximum atomic E-state index is 13.2. The van der Waals surface area contributed by atoms with Gasteiger partial charge in [0.2, 0.25) is 11.8 Å². The second-order valence-electron chi connectivity index (χ2n) is 9.35. The highest BCUT2D eigenvalue weighted by molar-refractivity contribution is 5.98. The number of hydrogen-bond donors (Lipinski definition) is 5. The molecule has 0 fully saturated rings. The number of aromatic amines is 1. The molecule has 0 radical (unpaired) electrons. The Bertz CT molecular complexity index is 1380. The lowest BCUT2D eigenvalue weighted by Crippen LogP contribution is -2.30. The number of nitrogens with zero attached hydrogens (tertiary/aromatic N) is 1. The molecule has 2 aliphatic rings. The summed E-state index contributed by atoms with van der Waals surface area (Å²) in [6.07, 6.45) is 7.92. The molecule has 3 aromatic rings. The highest BCUT2D eigenvalue weighted by Crippen LogP contribution is 2.31. The number of fused-ring (bicyclic) bond motifs is 5. The van der Waals surface area contributed by atoms with Gasteiger partial charge in [-0.15, -0.1) is 0 Å². The van der Waals surface area contributed by atoms with Crippen LogP contribution in [0.15, 0.2) is 54.7 Å². The van der Waals surface area contributed by atoms with Crippen LogP contribution in [0.2, 0.25) is 0 Å². The van der Waals surface area contributed by atoms with Crippen LogP contribution in [0.4, 0.5) is 11.4 Å². The third kappa shape index (κ3) is 5.78. The van der Waals surface area contributed by atoms with Crippen molar-refractivity contribution in [3.8, 4) is 11.3 Å². The van der Waals surface area contributed by atoms with Crippen molar-refractivity contribution in [3.63, 3.8) is 0 Å². The first kappa shape index (κ1) is 24.5. The van der Waals surface area contributed by atoms with Gasteiger partial charge in [0.15, 0.2) is 0 Å². The van der Waals surface area contributed by atoms with Crippen molar-refractivity contribution in [2.45, 2.75) is 45.2 Å². The molecule has 0 spiro atoms. The molecule has 0 aliphatic carbocycles. The van der Waals surface area contributed by atoms with E-state index in [9.17, 15) is 14.4 Å². The van der Waals surface area contributed by atoms with E-state index in [1.807, 2.05) is 36.4 Å². The van der Waals surface area contributed by atoms with E-state index in [4.69, 9.17) is 0 Å². The zero-order valence-electron chi connectivity index (χ0n) is 20.7. The van der Waals surface area contributed by atoms with E-state index in [1.165, 1.54) is 18.1 Å². The van der Waals surface area contributed by atoms with Crippen molar-refractivity contribution < 1.29 is 14.4 Å². The van der Waals surface area contributed by atoms with E-state index < -0.39 is 0 Å². The van der Waals surface area contributed by atoms with Crippen LogP contribution < -0.4 is 21.3 Å². The van der Waals surface area contributed by atoms with Crippen molar-refractivity contribution in [1.29, 1.82) is 0 Å². The monoisotopic (exact) mass is 498 g/mol. The number of amides is 3. The number of nitrogens with one attached hydrogen (secondary N) is 5. The molecule has 2 aromatic carbocycles. The van der Waals surface area contributed by atoms with Crippen molar-refractivity contribution in [1.82, 2.24) is 20.6 Å². The molecule has 190 valence electrons. The first-order chi connectivity index (χ1) is 18.0. The lowest BCUT2D eigenvalue weighted by Gasteiger charge is -2.19. The first-order valence-electron chi connectivity index (χ1n) is 12.5. The smallest absolute Gasteiger partial charge is 0.251 e. The molecule has 1 atom stereocenters. The molecule has 0 saturated heterocycles. The number of allylic oxidation sites excluding steroid dienone is 1. The van der Waals surface area contributed by atoms with E-state index in [0.29, 0.717) is 47.7 Å². The Balaban J connectivity index is 1.44. The van der Waals surface area contributed by atoms with Gasteiger partial charge in [-0.05, 0) is 67.3 Å². The second kappa shape index (κ2) is 10.8. The summed E-state index contributed by atoms with van der Waals surface area (Å²) in [4.78, 5) is 45.3. The van der Waals surface area contributed by atoms with Gasteiger partial charge < -0.3 is 26.3 Å². The van der Waals surface area contributed by atoms with Crippen LogP contribution in [0.25, 0.3) is 11.3 Å². The molecule has 3 heterocycles. The van der Waals surface area contributed by atoms with Gasteiger partial charge in [-0.2, -0.15) is 0 Å². The molecule has 5 N–H and O–H groups in total. The van der Waals surface area contributed by atoms with Crippen LogP contribution in [-0.4, -0.2) is 34.2 Å². The van der Waals surface area contributed by atoms with Crippen molar-refractivity contribution in [3.05, 3.63) is 77.3 Å². The molecule has 1 aromatic heterocycles. The summed E-state index contributed by atoms with van der Waals surface area (Å²) in [7, 11) is 0. The minimum Gasteiger partial charge on any atom is -0.342 e. The highest BCUT2D eigenvalue weighted by Gasteiger charge is 2.21. The lowest BCUT2D eigenvalue weighted by atomic mass is 9.98. The number of imidazole rings is 1. The second-order valence-corrected chi connectivity index (χ2v) is 9.35.